The summed E-state index contributed by atoms with van der Waals surface area (Å²) in [6.07, 6.45) is 10.2. The molecule has 0 amide bonds. The van der Waals surface area contributed by atoms with Crippen molar-refractivity contribution in [3.63, 3.8) is 0 Å². The molecular weight excluding hydrogens is 183 g/mol. The smallest absolute Gasteiger partial charge is 0.387 e. The molecule has 0 aromatic heterocycles. The first-order valence-electron chi connectivity index (χ1n) is 5.21. The first-order valence-corrected chi connectivity index (χ1v) is 5.21. The molecular formula is C13H17BO. The van der Waals surface area contributed by atoms with Crippen molar-refractivity contribution in [3.05, 3.63) is 61.3 Å². The summed E-state index contributed by atoms with van der Waals surface area (Å²) in [5.74, 6) is 3.09. The molecule has 0 atom stereocenters. The fraction of sp³-hybridized carbons (Fsp3) is 0.231. The van der Waals surface area contributed by atoms with E-state index >= 15 is 0 Å². The van der Waals surface area contributed by atoms with Gasteiger partial charge in [0.1, 0.15) is 0 Å². The maximum atomic E-state index is 5.83. The second kappa shape index (κ2) is 6.12. The van der Waals surface area contributed by atoms with Crippen LogP contribution in [0.5, 0.6) is 0 Å². The van der Waals surface area contributed by atoms with Crippen molar-refractivity contribution in [1.29, 1.82) is 0 Å². The van der Waals surface area contributed by atoms with Crippen LogP contribution in [0, 0.1) is 0 Å². The Morgan fingerprint density at radius 2 is 1.87 bits per heavy atom. The van der Waals surface area contributed by atoms with Crippen LogP contribution >= 0.6 is 0 Å². The maximum absolute atomic E-state index is 5.83. The van der Waals surface area contributed by atoms with E-state index in [-0.39, 0.29) is 6.92 Å². The highest BCUT2D eigenvalue weighted by Crippen LogP contribution is 2.23. The molecule has 15 heavy (non-hydrogen) atoms. The molecule has 0 unspecified atom stereocenters. The number of hydrogen-bond acceptors (Lipinski definition) is 1. The Hall–Kier alpha value is -1.44. The van der Waals surface area contributed by atoms with Crippen LogP contribution in [-0.2, 0) is 4.65 Å². The molecule has 1 aliphatic rings. The Morgan fingerprint density at radius 3 is 2.47 bits per heavy atom. The Morgan fingerprint density at radius 1 is 1.13 bits per heavy atom. The van der Waals surface area contributed by atoms with Gasteiger partial charge in [-0.1, -0.05) is 30.3 Å². The van der Waals surface area contributed by atoms with E-state index in [4.69, 9.17) is 4.65 Å². The lowest BCUT2D eigenvalue weighted by Crippen LogP contribution is -2.18. The molecule has 0 aromatic rings. The zero-order valence-corrected chi connectivity index (χ0v) is 9.11. The molecule has 78 valence electrons. The highest BCUT2D eigenvalue weighted by atomic mass is 16.4. The Balaban J connectivity index is 2.76. The van der Waals surface area contributed by atoms with Crippen molar-refractivity contribution in [2.75, 3.05) is 0 Å². The van der Waals surface area contributed by atoms with Gasteiger partial charge < -0.3 is 4.65 Å². The average molecular weight is 200 g/mol. The summed E-state index contributed by atoms with van der Waals surface area (Å²) in [4.78, 5) is 0. The van der Waals surface area contributed by atoms with Gasteiger partial charge in [0.2, 0.25) is 0 Å². The number of allylic oxidation sites excluding steroid dienone is 5. The van der Waals surface area contributed by atoms with Crippen molar-refractivity contribution in [2.24, 2.45) is 0 Å². The molecule has 0 saturated heterocycles. The highest BCUT2D eigenvalue weighted by molar-refractivity contribution is 6.58. The van der Waals surface area contributed by atoms with Crippen LogP contribution < -0.4 is 0 Å². The first-order chi connectivity index (χ1) is 7.31. The zero-order chi connectivity index (χ0) is 11.1. The molecule has 0 aromatic carbocycles. The lowest BCUT2D eigenvalue weighted by molar-refractivity contribution is 0.420. The monoisotopic (exact) mass is 200 g/mol. The number of rotatable bonds is 6. The van der Waals surface area contributed by atoms with Crippen LogP contribution in [0.15, 0.2) is 61.3 Å². The maximum Gasteiger partial charge on any atom is 0.387 e. The fourth-order valence-corrected chi connectivity index (χ4v) is 1.55. The molecule has 0 aliphatic carbocycles. The molecule has 1 nitrogen and oxygen atoms in total. The largest absolute Gasteiger partial charge is 0.558 e. The van der Waals surface area contributed by atoms with Gasteiger partial charge in [0.15, 0.2) is 0 Å². The molecule has 0 fully saturated rings. The summed E-state index contributed by atoms with van der Waals surface area (Å²) in [5, 5.41) is 0. The van der Waals surface area contributed by atoms with Gasteiger partial charge in [0.25, 0.3) is 0 Å². The van der Waals surface area contributed by atoms with E-state index in [9.17, 15) is 0 Å². The van der Waals surface area contributed by atoms with E-state index in [1.54, 1.807) is 0 Å². The van der Waals surface area contributed by atoms with Gasteiger partial charge in [0.05, 0.1) is 5.76 Å². The van der Waals surface area contributed by atoms with Gasteiger partial charge in [0, 0.05) is 6.42 Å². The van der Waals surface area contributed by atoms with Crippen LogP contribution in [-0.4, -0.2) is 6.92 Å². The van der Waals surface area contributed by atoms with Crippen molar-refractivity contribution >= 4 is 6.92 Å². The van der Waals surface area contributed by atoms with Gasteiger partial charge in [-0.05, 0) is 18.3 Å². The van der Waals surface area contributed by atoms with E-state index in [1.807, 2.05) is 18.2 Å². The Bertz CT molecular complexity index is 312. The summed E-state index contributed by atoms with van der Waals surface area (Å²) < 4.78 is 5.83. The van der Waals surface area contributed by atoms with Crippen LogP contribution in [0.2, 0.25) is 6.32 Å². The van der Waals surface area contributed by atoms with Crippen molar-refractivity contribution in [1.82, 2.24) is 0 Å². The summed E-state index contributed by atoms with van der Waals surface area (Å²) in [7, 11) is 0. The quantitative estimate of drug-likeness (QED) is 0.469. The second-order valence-corrected chi connectivity index (χ2v) is 3.47. The van der Waals surface area contributed by atoms with E-state index in [0.29, 0.717) is 0 Å². The molecule has 1 heterocycles. The van der Waals surface area contributed by atoms with Gasteiger partial charge in [-0.3, -0.25) is 0 Å². The number of hydrogen-bond donors (Lipinski definition) is 0. The summed E-state index contributed by atoms with van der Waals surface area (Å²) in [6.45, 7) is 11.3. The van der Waals surface area contributed by atoms with Gasteiger partial charge in [-0.2, -0.15) is 0 Å². The minimum atomic E-state index is 0.131. The molecule has 1 rings (SSSR count). The first kappa shape index (κ1) is 11.6. The molecule has 0 N–H and O–H groups in total. The second-order valence-electron chi connectivity index (χ2n) is 3.47. The van der Waals surface area contributed by atoms with E-state index in [0.717, 1.165) is 24.9 Å². The van der Waals surface area contributed by atoms with Crippen LogP contribution in [0.4, 0.5) is 0 Å². The summed E-state index contributed by atoms with van der Waals surface area (Å²) in [5.41, 5.74) is 1.20. The third-order valence-electron chi connectivity index (χ3n) is 2.26. The lowest BCUT2D eigenvalue weighted by atomic mass is 9.63. The van der Waals surface area contributed by atoms with Crippen molar-refractivity contribution in [2.45, 2.75) is 19.2 Å². The van der Waals surface area contributed by atoms with E-state index in [1.165, 1.54) is 5.57 Å². The average Bonchev–Trinajstić information content (AvgIpc) is 2.23. The van der Waals surface area contributed by atoms with E-state index < -0.39 is 0 Å². The molecule has 2 heteroatoms. The zero-order valence-electron chi connectivity index (χ0n) is 9.11. The molecule has 0 radical (unpaired) electrons. The standard InChI is InChI=1S/C13H17BO/c1-4-7-12-9-11-14(10-6-3)15-13(12)8-5-2/h4-6,9,11H,1-3,7-8,10H2. The molecule has 0 bridgehead atoms. The van der Waals surface area contributed by atoms with Gasteiger partial charge in [-0.25, -0.2) is 0 Å². The SMILES string of the molecule is C=CCB1C=CC(CC=C)=C(CC=C)O1. The predicted octanol–water partition coefficient (Wildman–Crippen LogP) is 3.70. The fourth-order valence-electron chi connectivity index (χ4n) is 1.55. The van der Waals surface area contributed by atoms with Crippen LogP contribution in [0.1, 0.15) is 12.8 Å². The van der Waals surface area contributed by atoms with Crippen LogP contribution in [0.3, 0.4) is 0 Å². The highest BCUT2D eigenvalue weighted by Gasteiger charge is 2.18. The van der Waals surface area contributed by atoms with Crippen molar-refractivity contribution < 1.29 is 4.65 Å². The third-order valence-corrected chi connectivity index (χ3v) is 2.26. The molecule has 0 saturated carbocycles. The molecule has 0 spiro atoms. The predicted molar refractivity (Wildman–Crippen MR) is 67.6 cm³/mol. The normalized spacial score (nSPS) is 14.8. The van der Waals surface area contributed by atoms with E-state index in [2.05, 4.69) is 31.8 Å². The third kappa shape index (κ3) is 3.32. The van der Waals surface area contributed by atoms with Crippen molar-refractivity contribution in [3.8, 4) is 0 Å². The Kier molecular flexibility index (Phi) is 4.75. The molecule has 1 aliphatic heterocycles. The van der Waals surface area contributed by atoms with Gasteiger partial charge >= 0.3 is 6.92 Å². The van der Waals surface area contributed by atoms with Crippen LogP contribution in [0.25, 0.3) is 0 Å². The minimum Gasteiger partial charge on any atom is -0.558 e. The summed E-state index contributed by atoms with van der Waals surface area (Å²) >= 11 is 0. The Labute approximate surface area is 92.6 Å². The minimum absolute atomic E-state index is 0.131. The summed E-state index contributed by atoms with van der Waals surface area (Å²) in [6, 6.07) is 0. The van der Waals surface area contributed by atoms with Gasteiger partial charge in [-0.15, -0.1) is 19.7 Å². The topological polar surface area (TPSA) is 9.23 Å². The lowest BCUT2D eigenvalue weighted by Gasteiger charge is -2.21.